The molecule has 0 saturated heterocycles. The molecule has 0 nitrogen and oxygen atoms in total. The van der Waals surface area contributed by atoms with Crippen molar-refractivity contribution in [3.05, 3.63) is 149 Å². The maximum absolute atomic E-state index is 3.62. The fraction of sp³-hybridized carbons (Fsp3) is 0.388. The van der Waals surface area contributed by atoms with Crippen LogP contribution in [-0.2, 0) is 35.1 Å². The molecule has 5 aliphatic carbocycles. The van der Waals surface area contributed by atoms with Gasteiger partial charge in [0.05, 0.1) is 0 Å². The maximum atomic E-state index is 3.62. The zero-order chi connectivity index (χ0) is 35.1. The molecule has 3 heteroatoms. The van der Waals surface area contributed by atoms with Crippen LogP contribution in [0.4, 0.5) is 0 Å². The number of halogens is 2. The van der Waals surface area contributed by atoms with Crippen molar-refractivity contribution in [1.82, 2.24) is 0 Å². The average Bonchev–Trinajstić information content (AvgIpc) is 3.77. The molecule has 0 unspecified atom stereocenters. The van der Waals surface area contributed by atoms with Crippen LogP contribution in [0.3, 0.4) is 0 Å². The molecular formula is C49H54Cl2Zr-2. The summed E-state index contributed by atoms with van der Waals surface area (Å²) in [5.41, 5.74) is 8.06. The van der Waals surface area contributed by atoms with E-state index < -0.39 is 0 Å². The number of fused-ring (bicyclic) bond motifs is 3. The normalized spacial score (nSPS) is 22.8. The zero-order valence-electron chi connectivity index (χ0n) is 31.9. The molecule has 4 fully saturated rings. The van der Waals surface area contributed by atoms with E-state index in [-0.39, 0.29) is 35.6 Å². The van der Waals surface area contributed by atoms with Crippen molar-refractivity contribution in [2.24, 2.45) is 23.2 Å². The van der Waals surface area contributed by atoms with Crippen LogP contribution in [0.25, 0.3) is 21.5 Å². The Balaban J connectivity index is 0.000000151. The quantitative estimate of drug-likeness (QED) is 0.173. The molecule has 5 aromatic rings. The molecule has 0 amide bonds. The SMILES string of the molecule is CC(C)(C)c1ccc2[cH-]c3ccc(C(C)(C)C)cc3c2c1.[C-]1=C(C23CC4CC(CC(C4)C2)C3)C=CC1.[Cl-].[Cl-].[Zr+2]=[C](c1ccccc1)c1ccccc1. The summed E-state index contributed by atoms with van der Waals surface area (Å²) in [6.45, 7) is 13.7. The number of hydrogen-bond acceptors (Lipinski definition) is 0. The Kier molecular flexibility index (Phi) is 12.9. The van der Waals surface area contributed by atoms with Gasteiger partial charge in [0, 0.05) is 0 Å². The average molecular weight is 805 g/mol. The first-order chi connectivity index (χ1) is 23.9. The molecular weight excluding hydrogens is 751 g/mol. The van der Waals surface area contributed by atoms with Crippen molar-refractivity contribution in [3.8, 4) is 0 Å². The Morgan fingerprint density at radius 1 is 0.635 bits per heavy atom. The van der Waals surface area contributed by atoms with Gasteiger partial charge in [0.2, 0.25) is 0 Å². The van der Waals surface area contributed by atoms with Gasteiger partial charge >= 0.3 is 99.2 Å². The van der Waals surface area contributed by atoms with Gasteiger partial charge in [-0.25, -0.2) is 11.6 Å². The van der Waals surface area contributed by atoms with Gasteiger partial charge in [-0.3, -0.25) is 6.08 Å². The van der Waals surface area contributed by atoms with Gasteiger partial charge in [-0.15, -0.1) is 46.2 Å². The van der Waals surface area contributed by atoms with E-state index in [9.17, 15) is 0 Å². The van der Waals surface area contributed by atoms with Gasteiger partial charge in [0.15, 0.2) is 0 Å². The molecule has 5 aliphatic rings. The number of hydrogen-bond donors (Lipinski definition) is 0. The Bertz CT molecular complexity index is 1890. The minimum absolute atomic E-state index is 0. The number of allylic oxidation sites excluding steroid dienone is 4. The van der Waals surface area contributed by atoms with Gasteiger partial charge in [-0.05, 0) is 72.5 Å². The van der Waals surface area contributed by atoms with Crippen molar-refractivity contribution in [2.75, 3.05) is 0 Å². The van der Waals surface area contributed by atoms with Crippen molar-refractivity contribution in [2.45, 2.75) is 97.3 Å². The molecule has 270 valence electrons. The Morgan fingerprint density at radius 2 is 1.06 bits per heavy atom. The standard InChI is InChI=1S/C21H25.C15H19.C13H10.2ClH.Zr/c1-20(2,3)16-9-7-14-11-15-8-10-17(21(4,5)6)13-19(15)18(14)12-16;1-2-4-14(3-1)15-8-11-5-12(9-15)7-13(6-11)10-15;1-3-7-12(8-4-1)11-13-9-5-2-6-10-13;;;/h7-13H,1-6H3;1,3,11-13H,2,5-10H2;1-10H;2*1H;/q2*-1;;;;+2/p-2. The van der Waals surface area contributed by atoms with Crippen LogP contribution in [0.15, 0.2) is 121 Å². The monoisotopic (exact) mass is 802 g/mol. The van der Waals surface area contributed by atoms with E-state index in [1.165, 1.54) is 90.5 Å². The molecule has 0 atom stereocenters. The Hall–Kier alpha value is -2.44. The minimum atomic E-state index is 0. The number of rotatable bonds is 3. The third kappa shape index (κ3) is 8.91. The van der Waals surface area contributed by atoms with Crippen molar-refractivity contribution < 1.29 is 49.0 Å². The predicted molar refractivity (Wildman–Crippen MR) is 212 cm³/mol. The van der Waals surface area contributed by atoms with E-state index >= 15 is 0 Å². The Labute approximate surface area is 341 Å². The molecule has 10 rings (SSSR count). The topological polar surface area (TPSA) is 0 Å². The first kappa shape index (κ1) is 40.7. The van der Waals surface area contributed by atoms with Crippen LogP contribution in [0, 0.1) is 29.2 Å². The second-order valence-corrected chi connectivity index (χ2v) is 19.0. The van der Waals surface area contributed by atoms with Crippen LogP contribution in [0.2, 0.25) is 0 Å². The van der Waals surface area contributed by atoms with E-state index in [0.717, 1.165) is 24.2 Å². The molecule has 0 radical (unpaired) electrons. The van der Waals surface area contributed by atoms with Gasteiger partial charge in [0.25, 0.3) is 0 Å². The summed E-state index contributed by atoms with van der Waals surface area (Å²) in [5.74, 6) is 3.21. The van der Waals surface area contributed by atoms with Crippen LogP contribution in [0.5, 0.6) is 0 Å². The van der Waals surface area contributed by atoms with E-state index in [0.29, 0.717) is 5.41 Å². The van der Waals surface area contributed by atoms with Gasteiger partial charge in [-0.1, -0.05) is 76.9 Å². The second-order valence-electron chi connectivity index (χ2n) is 17.8. The van der Waals surface area contributed by atoms with E-state index in [2.05, 4.69) is 163 Å². The van der Waals surface area contributed by atoms with Crippen molar-refractivity contribution in [1.29, 1.82) is 0 Å². The van der Waals surface area contributed by atoms with Gasteiger partial charge in [-0.2, -0.15) is 6.08 Å². The molecule has 4 saturated carbocycles. The zero-order valence-corrected chi connectivity index (χ0v) is 35.9. The fourth-order valence-electron chi connectivity index (χ4n) is 9.52. The molecule has 5 aromatic carbocycles. The summed E-state index contributed by atoms with van der Waals surface area (Å²) in [6, 6.07) is 37.3. The van der Waals surface area contributed by atoms with Gasteiger partial charge < -0.3 is 24.8 Å². The summed E-state index contributed by atoms with van der Waals surface area (Å²) >= 11 is 1.46. The van der Waals surface area contributed by atoms with E-state index in [1.54, 1.807) is 24.8 Å². The number of benzene rings is 4. The van der Waals surface area contributed by atoms with Crippen molar-refractivity contribution in [3.63, 3.8) is 0 Å². The second kappa shape index (κ2) is 16.5. The summed E-state index contributed by atoms with van der Waals surface area (Å²) in [4.78, 5) is 0. The third-order valence-corrected chi connectivity index (χ3v) is 13.3. The van der Waals surface area contributed by atoms with Crippen LogP contribution in [0.1, 0.15) is 109 Å². The third-order valence-electron chi connectivity index (χ3n) is 11.9. The van der Waals surface area contributed by atoms with Crippen LogP contribution >= 0.6 is 0 Å². The predicted octanol–water partition coefficient (Wildman–Crippen LogP) is 7.01. The van der Waals surface area contributed by atoms with Gasteiger partial charge in [0.1, 0.15) is 0 Å². The molecule has 0 aliphatic heterocycles. The summed E-state index contributed by atoms with van der Waals surface area (Å²) < 4.78 is 1.42. The Morgan fingerprint density at radius 3 is 1.42 bits per heavy atom. The molecule has 0 heterocycles. The summed E-state index contributed by atoms with van der Waals surface area (Å²) in [6.07, 6.45) is 18.5. The molecule has 0 N–H and O–H groups in total. The first-order valence-corrected chi connectivity index (χ1v) is 20.2. The summed E-state index contributed by atoms with van der Waals surface area (Å²) in [7, 11) is 0. The van der Waals surface area contributed by atoms with Crippen LogP contribution in [-0.4, -0.2) is 3.21 Å². The first-order valence-electron chi connectivity index (χ1n) is 19.0. The molecule has 0 aromatic heterocycles. The van der Waals surface area contributed by atoms with E-state index in [1.807, 2.05) is 0 Å². The molecule has 52 heavy (non-hydrogen) atoms. The van der Waals surface area contributed by atoms with E-state index in [4.69, 9.17) is 0 Å². The van der Waals surface area contributed by atoms with Crippen LogP contribution < -0.4 is 24.8 Å². The molecule has 4 bridgehead atoms. The van der Waals surface area contributed by atoms with Crippen molar-refractivity contribution >= 4 is 24.8 Å². The fourth-order valence-corrected chi connectivity index (χ4v) is 10.3. The molecule has 0 spiro atoms. The summed E-state index contributed by atoms with van der Waals surface area (Å²) in [5, 5.41) is 5.49.